The first-order valence-corrected chi connectivity index (χ1v) is 11.3. The highest BCUT2D eigenvalue weighted by atomic mass is 35.5. The summed E-state index contributed by atoms with van der Waals surface area (Å²) in [6.07, 6.45) is 4.19. The summed E-state index contributed by atoms with van der Waals surface area (Å²) in [5.41, 5.74) is 8.29. The van der Waals surface area contributed by atoms with Gasteiger partial charge in [0.25, 0.3) is 5.91 Å². The van der Waals surface area contributed by atoms with E-state index in [4.69, 9.17) is 21.9 Å². The van der Waals surface area contributed by atoms with E-state index in [0.29, 0.717) is 49.0 Å². The van der Waals surface area contributed by atoms with E-state index in [1.165, 1.54) is 0 Å². The largest absolute Gasteiger partial charge is 0.360 e. The summed E-state index contributed by atoms with van der Waals surface area (Å²) >= 11 is 6.22. The number of halogens is 1. The smallest absolute Gasteiger partial charge is 0.273 e. The fourth-order valence-corrected chi connectivity index (χ4v) is 4.24. The van der Waals surface area contributed by atoms with Gasteiger partial charge in [-0.2, -0.15) is 0 Å². The lowest BCUT2D eigenvalue weighted by Crippen LogP contribution is -2.49. The van der Waals surface area contributed by atoms with E-state index in [1.807, 2.05) is 30.0 Å². The summed E-state index contributed by atoms with van der Waals surface area (Å²) in [7, 11) is 0. The van der Waals surface area contributed by atoms with Crippen molar-refractivity contribution in [2.45, 2.75) is 51.0 Å². The first-order valence-electron chi connectivity index (χ1n) is 11.0. The van der Waals surface area contributed by atoms with Gasteiger partial charge in [-0.15, -0.1) is 0 Å². The summed E-state index contributed by atoms with van der Waals surface area (Å²) in [4.78, 5) is 27.3. The molecule has 1 aromatic carbocycles. The van der Waals surface area contributed by atoms with Crippen molar-refractivity contribution in [3.8, 4) is 0 Å². The standard InChI is InChI=1S/C23H29ClN4O3/c1-14-2-3-15(11-19(14)24)10-17(13-25)23(30)28-8-6-18(7-9-28)26-22(29)20-12-21(31-27-20)16-4-5-16/h2-3,11-12,16-18H,4-10,13,25H2,1H3,(H,26,29)/t17-/m1/s1. The van der Waals surface area contributed by atoms with Crippen LogP contribution in [0.4, 0.5) is 0 Å². The van der Waals surface area contributed by atoms with Crippen molar-refractivity contribution < 1.29 is 14.1 Å². The van der Waals surface area contributed by atoms with Crippen LogP contribution in [-0.2, 0) is 11.2 Å². The quantitative estimate of drug-likeness (QED) is 0.683. The Hall–Kier alpha value is -2.38. The van der Waals surface area contributed by atoms with Gasteiger partial charge in [0.1, 0.15) is 5.76 Å². The zero-order chi connectivity index (χ0) is 22.0. The fourth-order valence-electron chi connectivity index (χ4n) is 4.04. The number of hydrogen-bond acceptors (Lipinski definition) is 5. The van der Waals surface area contributed by atoms with Gasteiger partial charge in [-0.3, -0.25) is 9.59 Å². The predicted octanol–water partition coefficient (Wildman–Crippen LogP) is 3.05. The Labute approximate surface area is 187 Å². The van der Waals surface area contributed by atoms with Crippen LogP contribution in [0.5, 0.6) is 0 Å². The SMILES string of the molecule is Cc1ccc(C[C@H](CN)C(=O)N2CCC(NC(=O)c3cc(C4CC4)on3)CC2)cc1Cl. The molecule has 4 rings (SSSR count). The third-order valence-corrected chi connectivity index (χ3v) is 6.64. The second kappa shape index (κ2) is 9.40. The fraction of sp³-hybridized carbons (Fsp3) is 0.522. The molecule has 0 bridgehead atoms. The van der Waals surface area contributed by atoms with Crippen LogP contribution in [-0.4, -0.2) is 47.5 Å². The number of carbonyl (C=O) groups is 2. The van der Waals surface area contributed by atoms with Gasteiger partial charge in [-0.25, -0.2) is 0 Å². The molecule has 1 saturated carbocycles. The van der Waals surface area contributed by atoms with Gasteiger partial charge in [0, 0.05) is 42.7 Å². The van der Waals surface area contributed by atoms with Crippen LogP contribution < -0.4 is 11.1 Å². The molecule has 1 aliphatic heterocycles. The number of likely N-dealkylation sites (tertiary alicyclic amines) is 1. The summed E-state index contributed by atoms with van der Waals surface area (Å²) in [6, 6.07) is 7.64. The van der Waals surface area contributed by atoms with Crippen LogP contribution in [0.3, 0.4) is 0 Å². The Bertz CT molecular complexity index is 948. The summed E-state index contributed by atoms with van der Waals surface area (Å²) in [6.45, 7) is 3.44. The number of aromatic nitrogens is 1. The van der Waals surface area contributed by atoms with E-state index in [9.17, 15) is 9.59 Å². The van der Waals surface area contributed by atoms with Crippen molar-refractivity contribution in [2.75, 3.05) is 19.6 Å². The summed E-state index contributed by atoms with van der Waals surface area (Å²) in [5, 5.41) is 7.62. The van der Waals surface area contributed by atoms with Crippen molar-refractivity contribution in [2.24, 2.45) is 11.7 Å². The Kier molecular flexibility index (Phi) is 6.62. The second-order valence-corrected chi connectivity index (χ2v) is 9.09. The molecule has 7 nitrogen and oxygen atoms in total. The van der Waals surface area contributed by atoms with Gasteiger partial charge in [0.05, 0.1) is 5.92 Å². The third-order valence-electron chi connectivity index (χ3n) is 6.23. The maximum Gasteiger partial charge on any atom is 0.273 e. The highest BCUT2D eigenvalue weighted by molar-refractivity contribution is 6.31. The normalized spacial score (nSPS) is 18.1. The Morgan fingerprint density at radius 3 is 2.65 bits per heavy atom. The van der Waals surface area contributed by atoms with Crippen molar-refractivity contribution in [3.63, 3.8) is 0 Å². The maximum absolute atomic E-state index is 13.0. The molecule has 2 fully saturated rings. The number of aryl methyl sites for hydroxylation is 1. The van der Waals surface area contributed by atoms with Crippen molar-refractivity contribution >= 4 is 23.4 Å². The van der Waals surface area contributed by atoms with Crippen LogP contribution >= 0.6 is 11.6 Å². The van der Waals surface area contributed by atoms with Gasteiger partial charge in [-0.05, 0) is 56.2 Å². The number of hydrogen-bond donors (Lipinski definition) is 2. The maximum atomic E-state index is 13.0. The molecule has 2 aliphatic rings. The second-order valence-electron chi connectivity index (χ2n) is 8.68. The van der Waals surface area contributed by atoms with E-state index in [0.717, 1.165) is 29.7 Å². The molecule has 1 saturated heterocycles. The van der Waals surface area contributed by atoms with Crippen LogP contribution in [0.1, 0.15) is 59.0 Å². The minimum Gasteiger partial charge on any atom is -0.360 e. The minimum absolute atomic E-state index is 0.0184. The number of amides is 2. The third kappa shape index (κ3) is 5.28. The van der Waals surface area contributed by atoms with E-state index >= 15 is 0 Å². The summed E-state index contributed by atoms with van der Waals surface area (Å²) in [5.74, 6) is 0.801. The van der Waals surface area contributed by atoms with Crippen LogP contribution in [0.2, 0.25) is 5.02 Å². The Morgan fingerprint density at radius 1 is 1.26 bits per heavy atom. The first-order chi connectivity index (χ1) is 14.9. The molecule has 0 unspecified atom stereocenters. The van der Waals surface area contributed by atoms with Crippen LogP contribution in [0.15, 0.2) is 28.8 Å². The molecule has 8 heteroatoms. The van der Waals surface area contributed by atoms with E-state index in [2.05, 4.69) is 10.5 Å². The topological polar surface area (TPSA) is 101 Å². The van der Waals surface area contributed by atoms with E-state index in [1.54, 1.807) is 6.07 Å². The van der Waals surface area contributed by atoms with Gasteiger partial charge in [0.15, 0.2) is 5.69 Å². The summed E-state index contributed by atoms with van der Waals surface area (Å²) < 4.78 is 5.26. The van der Waals surface area contributed by atoms with Gasteiger partial charge >= 0.3 is 0 Å². The lowest BCUT2D eigenvalue weighted by atomic mass is 9.95. The molecule has 3 N–H and O–H groups in total. The monoisotopic (exact) mass is 444 g/mol. The highest BCUT2D eigenvalue weighted by Crippen LogP contribution is 2.40. The molecule has 1 aliphatic carbocycles. The van der Waals surface area contributed by atoms with E-state index in [-0.39, 0.29) is 30.3 Å². The van der Waals surface area contributed by atoms with Gasteiger partial charge in [-0.1, -0.05) is 28.9 Å². The molecule has 0 spiro atoms. The average Bonchev–Trinajstić information content (AvgIpc) is 3.50. The molecule has 0 radical (unpaired) electrons. The van der Waals surface area contributed by atoms with Crippen LogP contribution in [0.25, 0.3) is 0 Å². The minimum atomic E-state index is -0.277. The molecule has 2 amide bonds. The molecule has 1 aromatic heterocycles. The predicted molar refractivity (Wildman–Crippen MR) is 118 cm³/mol. The molecular formula is C23H29ClN4O3. The van der Waals surface area contributed by atoms with Gasteiger partial charge < -0.3 is 20.5 Å². The number of nitrogens with two attached hydrogens (primary N) is 1. The van der Waals surface area contributed by atoms with E-state index < -0.39 is 0 Å². The molecule has 31 heavy (non-hydrogen) atoms. The Balaban J connectivity index is 1.27. The zero-order valence-corrected chi connectivity index (χ0v) is 18.5. The van der Waals surface area contributed by atoms with Crippen molar-refractivity contribution in [1.29, 1.82) is 0 Å². The molecular weight excluding hydrogens is 416 g/mol. The van der Waals surface area contributed by atoms with Crippen LogP contribution in [0, 0.1) is 12.8 Å². The van der Waals surface area contributed by atoms with Crippen molar-refractivity contribution in [1.82, 2.24) is 15.4 Å². The number of rotatable bonds is 7. The lowest BCUT2D eigenvalue weighted by molar-refractivity contribution is -0.136. The Morgan fingerprint density at radius 2 is 2.00 bits per heavy atom. The molecule has 1 atom stereocenters. The zero-order valence-electron chi connectivity index (χ0n) is 17.8. The lowest BCUT2D eigenvalue weighted by Gasteiger charge is -2.34. The number of carbonyl (C=O) groups excluding carboxylic acids is 2. The highest BCUT2D eigenvalue weighted by Gasteiger charge is 2.31. The van der Waals surface area contributed by atoms with Gasteiger partial charge in [0.2, 0.25) is 5.91 Å². The number of nitrogens with zero attached hydrogens (tertiary/aromatic N) is 2. The molecule has 166 valence electrons. The average molecular weight is 445 g/mol. The molecule has 2 heterocycles. The van der Waals surface area contributed by atoms with Crippen molar-refractivity contribution in [3.05, 3.63) is 51.9 Å². The number of benzene rings is 1. The molecule has 2 aromatic rings. The number of nitrogens with one attached hydrogen (secondary N) is 1. The number of piperidine rings is 1. The first kappa shape index (κ1) is 21.8.